The average molecular weight is 609 g/mol. The Morgan fingerprint density at radius 3 is 2.23 bits per heavy atom. The van der Waals surface area contributed by atoms with Crippen molar-refractivity contribution in [1.82, 2.24) is 0 Å². The molecule has 6 rings (SSSR count). The number of hydrogen-bond acceptors (Lipinski definition) is 2. The fourth-order valence-electron chi connectivity index (χ4n) is 11.5. The zero-order chi connectivity index (χ0) is 30.5. The van der Waals surface area contributed by atoms with Crippen LogP contribution in [-0.4, -0.2) is 23.9 Å². The fourth-order valence-corrected chi connectivity index (χ4v) is 11.5. The molecule has 0 aromatic carbocycles. The fraction of sp³-hybridized carbons (Fsp3) is 0.952. The maximum atomic E-state index is 11.5. The summed E-state index contributed by atoms with van der Waals surface area (Å²) in [6, 6.07) is 0. The van der Waals surface area contributed by atoms with Crippen LogP contribution in [0.3, 0.4) is 0 Å². The SMILES string of the molecule is CC1CCCCC1C1CCC(C2=C(C(C)C(C)C3COC(C4CC4)C3)CC(C(O)CCCCCC3CCCCC3)CC2)CC1. The molecule has 0 spiro atoms. The minimum absolute atomic E-state index is 0.0960. The first-order valence-corrected chi connectivity index (χ1v) is 20.5. The topological polar surface area (TPSA) is 29.5 Å². The van der Waals surface area contributed by atoms with Gasteiger partial charge in [0.25, 0.3) is 0 Å². The number of hydrogen-bond donors (Lipinski definition) is 1. The summed E-state index contributed by atoms with van der Waals surface area (Å²) >= 11 is 0. The summed E-state index contributed by atoms with van der Waals surface area (Å²) in [6.07, 6.45) is 33.8. The van der Waals surface area contributed by atoms with Gasteiger partial charge < -0.3 is 9.84 Å². The van der Waals surface area contributed by atoms with Crippen LogP contribution >= 0.6 is 0 Å². The first-order valence-electron chi connectivity index (χ1n) is 20.5. The van der Waals surface area contributed by atoms with E-state index in [1.165, 1.54) is 148 Å². The van der Waals surface area contributed by atoms with Crippen LogP contribution in [-0.2, 0) is 4.74 Å². The number of aliphatic hydroxyl groups excluding tert-OH is 1. The molecular formula is C42H72O2. The van der Waals surface area contributed by atoms with Crippen LogP contribution in [0, 0.1) is 59.2 Å². The summed E-state index contributed by atoms with van der Waals surface area (Å²) in [5, 5.41) is 11.5. The highest BCUT2D eigenvalue weighted by Gasteiger charge is 2.42. The molecule has 0 bridgehead atoms. The molecule has 2 heteroatoms. The van der Waals surface area contributed by atoms with Crippen molar-refractivity contribution in [3.63, 3.8) is 0 Å². The Morgan fingerprint density at radius 1 is 0.750 bits per heavy atom. The highest BCUT2D eigenvalue weighted by Crippen LogP contribution is 2.50. The van der Waals surface area contributed by atoms with Gasteiger partial charge in [0.05, 0.1) is 18.8 Å². The van der Waals surface area contributed by atoms with Crippen molar-refractivity contribution in [1.29, 1.82) is 0 Å². The Kier molecular flexibility index (Phi) is 12.3. The Bertz CT molecular complexity index is 889. The van der Waals surface area contributed by atoms with Gasteiger partial charge in [0.2, 0.25) is 0 Å². The lowest BCUT2D eigenvalue weighted by molar-refractivity contribution is 0.0792. The minimum atomic E-state index is -0.0960. The van der Waals surface area contributed by atoms with E-state index in [9.17, 15) is 5.11 Å². The molecule has 2 nitrogen and oxygen atoms in total. The van der Waals surface area contributed by atoms with Crippen molar-refractivity contribution in [2.75, 3.05) is 6.61 Å². The number of unbranched alkanes of at least 4 members (excludes halogenated alkanes) is 2. The van der Waals surface area contributed by atoms with Gasteiger partial charge >= 0.3 is 0 Å². The third-order valence-electron chi connectivity index (χ3n) is 14.9. The van der Waals surface area contributed by atoms with E-state index in [1.54, 1.807) is 0 Å². The smallest absolute Gasteiger partial charge is 0.0607 e. The summed E-state index contributed by atoms with van der Waals surface area (Å²) in [4.78, 5) is 0. The summed E-state index contributed by atoms with van der Waals surface area (Å²) in [5.74, 6) is 8.20. The quantitative estimate of drug-likeness (QED) is 0.166. The summed E-state index contributed by atoms with van der Waals surface area (Å²) < 4.78 is 6.38. The lowest BCUT2D eigenvalue weighted by Crippen LogP contribution is -2.32. The molecule has 1 heterocycles. The van der Waals surface area contributed by atoms with E-state index >= 15 is 0 Å². The zero-order valence-electron chi connectivity index (χ0n) is 29.5. The van der Waals surface area contributed by atoms with E-state index in [4.69, 9.17) is 4.74 Å². The standard InChI is InChI=1S/C42H72O2/c1-29-12-10-11-16-38(29)33-18-20-34(21-19-33)39-25-24-36(41(43)17-9-5-8-15-32-13-6-4-7-14-32)26-40(39)31(3)30(2)37-27-42(44-28-37)35-22-23-35/h29-38,41-43H,4-28H2,1-3H3. The molecular weight excluding hydrogens is 536 g/mol. The molecule has 0 amide bonds. The van der Waals surface area contributed by atoms with Crippen LogP contribution in [0.2, 0.25) is 0 Å². The first-order chi connectivity index (χ1) is 21.5. The Balaban J connectivity index is 1.06. The van der Waals surface area contributed by atoms with Gasteiger partial charge in [0.15, 0.2) is 0 Å². The molecule has 1 saturated heterocycles. The van der Waals surface area contributed by atoms with Gasteiger partial charge in [-0.15, -0.1) is 0 Å². The normalized spacial score (nSPS) is 38.0. The zero-order valence-corrected chi connectivity index (χ0v) is 29.5. The van der Waals surface area contributed by atoms with Crippen molar-refractivity contribution in [2.24, 2.45) is 59.2 Å². The van der Waals surface area contributed by atoms with Gasteiger partial charge in [-0.25, -0.2) is 0 Å². The van der Waals surface area contributed by atoms with Crippen LogP contribution < -0.4 is 0 Å². The van der Waals surface area contributed by atoms with E-state index in [2.05, 4.69) is 20.8 Å². The number of ether oxygens (including phenoxy) is 1. The Labute approximate surface area is 273 Å². The molecule has 8 unspecified atom stereocenters. The van der Waals surface area contributed by atoms with E-state index in [0.29, 0.717) is 23.9 Å². The lowest BCUT2D eigenvalue weighted by atomic mass is 9.63. The predicted octanol–water partition coefficient (Wildman–Crippen LogP) is 11.7. The van der Waals surface area contributed by atoms with Crippen LogP contribution in [0.1, 0.15) is 175 Å². The second-order valence-electron chi connectivity index (χ2n) is 17.7. The van der Waals surface area contributed by atoms with Gasteiger partial charge in [-0.2, -0.15) is 0 Å². The Morgan fingerprint density at radius 2 is 1.48 bits per heavy atom. The average Bonchev–Trinajstić information content (AvgIpc) is 3.80. The van der Waals surface area contributed by atoms with Crippen LogP contribution in [0.15, 0.2) is 11.1 Å². The molecule has 252 valence electrons. The third-order valence-corrected chi connectivity index (χ3v) is 14.9. The number of rotatable bonds is 13. The van der Waals surface area contributed by atoms with Crippen molar-refractivity contribution < 1.29 is 9.84 Å². The predicted molar refractivity (Wildman–Crippen MR) is 186 cm³/mol. The van der Waals surface area contributed by atoms with E-state index in [1.807, 2.05) is 11.1 Å². The van der Waals surface area contributed by atoms with Gasteiger partial charge in [0.1, 0.15) is 0 Å². The van der Waals surface area contributed by atoms with Crippen molar-refractivity contribution in [3.8, 4) is 0 Å². The molecule has 44 heavy (non-hydrogen) atoms. The van der Waals surface area contributed by atoms with Gasteiger partial charge in [-0.1, -0.05) is 109 Å². The van der Waals surface area contributed by atoms with Crippen molar-refractivity contribution in [2.45, 2.75) is 187 Å². The van der Waals surface area contributed by atoms with Crippen molar-refractivity contribution in [3.05, 3.63) is 11.1 Å². The largest absolute Gasteiger partial charge is 0.393 e. The van der Waals surface area contributed by atoms with Crippen LogP contribution in [0.4, 0.5) is 0 Å². The molecule has 0 aromatic heterocycles. The molecule has 6 aliphatic rings. The van der Waals surface area contributed by atoms with Gasteiger partial charge in [-0.3, -0.25) is 0 Å². The molecule has 0 aromatic rings. The number of allylic oxidation sites excluding steroid dienone is 2. The maximum absolute atomic E-state index is 11.5. The molecule has 4 saturated carbocycles. The Hall–Kier alpha value is -0.340. The highest BCUT2D eigenvalue weighted by molar-refractivity contribution is 5.25. The number of aliphatic hydroxyl groups is 1. The molecule has 0 radical (unpaired) electrons. The highest BCUT2D eigenvalue weighted by atomic mass is 16.5. The minimum Gasteiger partial charge on any atom is -0.393 e. The van der Waals surface area contributed by atoms with Crippen LogP contribution in [0.25, 0.3) is 0 Å². The monoisotopic (exact) mass is 609 g/mol. The van der Waals surface area contributed by atoms with Crippen LogP contribution in [0.5, 0.6) is 0 Å². The van der Waals surface area contributed by atoms with Gasteiger partial charge in [0, 0.05) is 0 Å². The molecule has 5 aliphatic carbocycles. The summed E-state index contributed by atoms with van der Waals surface area (Å²) in [5.41, 5.74) is 3.70. The molecule has 8 atom stereocenters. The van der Waals surface area contributed by atoms with Gasteiger partial charge in [-0.05, 0) is 136 Å². The lowest BCUT2D eigenvalue weighted by Gasteiger charge is -2.43. The molecule has 5 fully saturated rings. The summed E-state index contributed by atoms with van der Waals surface area (Å²) in [6.45, 7) is 8.70. The third kappa shape index (κ3) is 8.57. The van der Waals surface area contributed by atoms with Crippen molar-refractivity contribution >= 4 is 0 Å². The summed E-state index contributed by atoms with van der Waals surface area (Å²) in [7, 11) is 0. The molecule has 1 N–H and O–H groups in total. The van der Waals surface area contributed by atoms with E-state index < -0.39 is 0 Å². The van der Waals surface area contributed by atoms with E-state index in [-0.39, 0.29) is 6.10 Å². The second-order valence-corrected chi connectivity index (χ2v) is 17.7. The molecule has 1 aliphatic heterocycles. The first kappa shape index (κ1) is 33.6. The van der Waals surface area contributed by atoms with E-state index in [0.717, 1.165) is 54.5 Å². The second kappa shape index (κ2) is 16.2. The maximum Gasteiger partial charge on any atom is 0.0607 e.